The number of nitrogens with zero attached hydrogens (tertiary/aromatic N) is 4. The van der Waals surface area contributed by atoms with Crippen LogP contribution in [0.15, 0.2) is 251 Å². The molecule has 4 heterocycles. The van der Waals surface area contributed by atoms with E-state index in [9.17, 15) is 0 Å². The minimum absolute atomic E-state index is 0.0435. The first kappa shape index (κ1) is 42.0. The van der Waals surface area contributed by atoms with Crippen molar-refractivity contribution < 1.29 is 8.83 Å². The number of fused-ring (bicyclic) bond motifs is 2. The number of benzene rings is 9. The fourth-order valence-corrected chi connectivity index (χ4v) is 11.3. The molecule has 0 saturated heterocycles. The summed E-state index contributed by atoms with van der Waals surface area (Å²) in [5.74, 6) is 3.14. The van der Waals surface area contributed by atoms with Gasteiger partial charge in [-0.2, -0.15) is 0 Å². The van der Waals surface area contributed by atoms with Crippen LogP contribution in [0.2, 0.25) is 0 Å². The predicted molar refractivity (Wildman–Crippen MR) is 295 cm³/mol. The molecule has 0 saturated carbocycles. The third-order valence-electron chi connectivity index (χ3n) is 14.9. The SMILES string of the molecule is c1ccc(-c2nc(-c3ccc(-c4cc5ccccc5o4)cc3)cc(-c3ccc4c(c3)C3c5ccccc5C4c4cc(-c5cc(-c6ccc(-c7cc8ccccc8o7)cc6)nc(-c6ccccc6)n5)ccc43)n2)cc1. The van der Waals surface area contributed by atoms with Gasteiger partial charge in [-0.25, -0.2) is 19.9 Å². The first-order chi connectivity index (χ1) is 36.6. The largest absolute Gasteiger partial charge is 0.456 e. The Morgan fingerprint density at radius 1 is 0.243 bits per heavy atom. The highest BCUT2D eigenvalue weighted by molar-refractivity contribution is 5.85. The molecule has 9 aromatic carbocycles. The molecule has 2 atom stereocenters. The summed E-state index contributed by atoms with van der Waals surface area (Å²) in [7, 11) is 0. The lowest BCUT2D eigenvalue weighted by Crippen LogP contribution is -2.27. The van der Waals surface area contributed by atoms with Gasteiger partial charge in [0, 0.05) is 67.1 Å². The van der Waals surface area contributed by atoms with Crippen molar-refractivity contribution in [3.8, 4) is 90.5 Å². The van der Waals surface area contributed by atoms with Crippen molar-refractivity contribution in [2.45, 2.75) is 11.8 Å². The van der Waals surface area contributed by atoms with Crippen LogP contribution in [-0.4, -0.2) is 19.9 Å². The summed E-state index contributed by atoms with van der Waals surface area (Å²) < 4.78 is 12.4. The molecular formula is C68H42N4O2. The second-order valence-electron chi connectivity index (χ2n) is 19.3. The van der Waals surface area contributed by atoms with Gasteiger partial charge < -0.3 is 8.83 Å². The van der Waals surface area contributed by atoms with Gasteiger partial charge in [-0.1, -0.05) is 194 Å². The summed E-state index contributed by atoms with van der Waals surface area (Å²) in [5.41, 5.74) is 21.3. The molecule has 0 spiro atoms. The summed E-state index contributed by atoms with van der Waals surface area (Å²) in [6.45, 7) is 0. The molecule has 16 rings (SSSR count). The maximum absolute atomic E-state index is 6.22. The topological polar surface area (TPSA) is 77.8 Å². The Morgan fingerprint density at radius 3 is 1.00 bits per heavy atom. The van der Waals surface area contributed by atoms with Crippen LogP contribution in [-0.2, 0) is 0 Å². The highest BCUT2D eigenvalue weighted by atomic mass is 16.3. The van der Waals surface area contributed by atoms with Crippen molar-refractivity contribution in [1.29, 1.82) is 0 Å². The summed E-state index contributed by atoms with van der Waals surface area (Å²) in [6, 6.07) is 85.1. The van der Waals surface area contributed by atoms with Crippen molar-refractivity contribution in [3.05, 3.63) is 276 Å². The van der Waals surface area contributed by atoms with Crippen LogP contribution in [0.1, 0.15) is 45.2 Å². The monoisotopic (exact) mass is 946 g/mol. The van der Waals surface area contributed by atoms with E-state index in [1.807, 2.05) is 72.8 Å². The van der Waals surface area contributed by atoms with E-state index < -0.39 is 0 Å². The minimum Gasteiger partial charge on any atom is -0.456 e. The van der Waals surface area contributed by atoms with Crippen molar-refractivity contribution in [2.75, 3.05) is 0 Å². The molecule has 4 aromatic heterocycles. The molecule has 0 amide bonds. The van der Waals surface area contributed by atoms with Gasteiger partial charge in [-0.3, -0.25) is 0 Å². The van der Waals surface area contributed by atoms with Gasteiger partial charge in [0.2, 0.25) is 0 Å². The first-order valence-corrected chi connectivity index (χ1v) is 25.1. The fourth-order valence-electron chi connectivity index (χ4n) is 11.3. The minimum atomic E-state index is 0.0435. The third kappa shape index (κ3) is 7.10. The molecule has 3 aliphatic rings. The van der Waals surface area contributed by atoms with Crippen LogP contribution in [0.3, 0.4) is 0 Å². The van der Waals surface area contributed by atoms with Crippen LogP contribution in [0.5, 0.6) is 0 Å². The molecule has 6 nitrogen and oxygen atoms in total. The number of para-hydroxylation sites is 2. The Hall–Kier alpha value is -9.78. The smallest absolute Gasteiger partial charge is 0.160 e. The van der Waals surface area contributed by atoms with Crippen LogP contribution in [0.25, 0.3) is 112 Å². The van der Waals surface area contributed by atoms with Gasteiger partial charge in [-0.15, -0.1) is 0 Å². The number of hydrogen-bond acceptors (Lipinski definition) is 6. The normalized spacial score (nSPS) is 14.2. The van der Waals surface area contributed by atoms with Gasteiger partial charge in [0.1, 0.15) is 22.7 Å². The van der Waals surface area contributed by atoms with Gasteiger partial charge in [0.25, 0.3) is 0 Å². The second-order valence-corrected chi connectivity index (χ2v) is 19.3. The highest BCUT2D eigenvalue weighted by Gasteiger charge is 2.41. The fraction of sp³-hybridized carbons (Fsp3) is 0.0294. The zero-order valence-corrected chi connectivity index (χ0v) is 39.9. The lowest BCUT2D eigenvalue weighted by atomic mass is 9.60. The van der Waals surface area contributed by atoms with E-state index in [4.69, 9.17) is 28.8 Å². The lowest BCUT2D eigenvalue weighted by molar-refractivity contribution is 0.631. The van der Waals surface area contributed by atoms with E-state index in [0.29, 0.717) is 11.6 Å². The molecular weight excluding hydrogens is 905 g/mol. The number of rotatable bonds is 8. The van der Waals surface area contributed by atoms with E-state index in [0.717, 1.165) is 101 Å². The summed E-state index contributed by atoms with van der Waals surface area (Å²) >= 11 is 0. The summed E-state index contributed by atoms with van der Waals surface area (Å²) in [6.07, 6.45) is 0. The van der Waals surface area contributed by atoms with Gasteiger partial charge in [-0.05, 0) is 81.9 Å². The Bertz CT molecular complexity index is 3970. The van der Waals surface area contributed by atoms with Crippen LogP contribution in [0, 0.1) is 0 Å². The lowest BCUT2D eigenvalue weighted by Gasteiger charge is -2.42. The zero-order chi connectivity index (χ0) is 48.7. The molecule has 0 N–H and O–H groups in total. The number of hydrogen-bond donors (Lipinski definition) is 0. The average Bonchev–Trinajstić information content (AvgIpc) is 4.15. The molecule has 13 aromatic rings. The zero-order valence-electron chi connectivity index (χ0n) is 39.9. The van der Waals surface area contributed by atoms with E-state index in [1.165, 1.54) is 33.4 Å². The van der Waals surface area contributed by atoms with Gasteiger partial charge in [0.15, 0.2) is 11.6 Å². The Kier molecular flexibility index (Phi) is 9.60. The predicted octanol–water partition coefficient (Wildman–Crippen LogP) is 17.1. The Morgan fingerprint density at radius 2 is 0.581 bits per heavy atom. The van der Waals surface area contributed by atoms with Crippen molar-refractivity contribution >= 4 is 21.9 Å². The second kappa shape index (κ2) is 16.9. The third-order valence-corrected chi connectivity index (χ3v) is 14.9. The number of aromatic nitrogens is 4. The van der Waals surface area contributed by atoms with E-state index in [1.54, 1.807) is 0 Å². The van der Waals surface area contributed by atoms with E-state index >= 15 is 0 Å². The maximum Gasteiger partial charge on any atom is 0.160 e. The molecule has 6 heteroatoms. The molecule has 2 bridgehead atoms. The van der Waals surface area contributed by atoms with E-state index in [2.05, 4.69) is 170 Å². The maximum atomic E-state index is 6.22. The highest BCUT2D eigenvalue weighted by Crippen LogP contribution is 2.57. The molecule has 0 fully saturated rings. The van der Waals surface area contributed by atoms with Gasteiger partial charge >= 0.3 is 0 Å². The van der Waals surface area contributed by atoms with E-state index in [-0.39, 0.29) is 11.8 Å². The summed E-state index contributed by atoms with van der Waals surface area (Å²) in [4.78, 5) is 20.9. The molecule has 2 unspecified atom stereocenters. The molecule has 3 aliphatic carbocycles. The van der Waals surface area contributed by atoms with Crippen LogP contribution in [0.4, 0.5) is 0 Å². The Balaban J connectivity index is 0.807. The quantitative estimate of drug-likeness (QED) is 0.151. The molecule has 0 aliphatic heterocycles. The summed E-state index contributed by atoms with van der Waals surface area (Å²) in [5, 5.41) is 2.17. The van der Waals surface area contributed by atoms with Crippen LogP contribution < -0.4 is 0 Å². The molecule has 0 radical (unpaired) electrons. The van der Waals surface area contributed by atoms with Crippen LogP contribution >= 0.6 is 0 Å². The van der Waals surface area contributed by atoms with Crippen molar-refractivity contribution in [1.82, 2.24) is 19.9 Å². The molecule has 74 heavy (non-hydrogen) atoms. The number of furan rings is 2. The molecule has 346 valence electrons. The van der Waals surface area contributed by atoms with Gasteiger partial charge in [0.05, 0.1) is 22.8 Å². The Labute approximate surface area is 427 Å². The first-order valence-electron chi connectivity index (χ1n) is 25.1. The van der Waals surface area contributed by atoms with Crippen molar-refractivity contribution in [2.24, 2.45) is 0 Å². The average molecular weight is 947 g/mol. The van der Waals surface area contributed by atoms with Crippen molar-refractivity contribution in [3.63, 3.8) is 0 Å². The standard InChI is InChI=1S/C68H42N4O2/c1-3-13-45(14-4-1)67-69-57(41-23-27-43(28-24-41)63-37-49-17-7-11-21-61(49)73-63)39-59(71-67)47-31-33-53-55(35-47)65-51-19-9-10-20-52(51)66(53)56-36-48(32-34-54(56)65)60-40-58(70-68(72-60)46-15-5-2-6-16-46)42-25-29-44(30-26-42)64-38-50-18-8-12-22-62(50)74-64/h1-40,65-66H.